The van der Waals surface area contributed by atoms with Crippen LogP contribution in [-0.4, -0.2) is 53.0 Å². The van der Waals surface area contributed by atoms with Gasteiger partial charge in [-0.25, -0.2) is 13.8 Å². The van der Waals surface area contributed by atoms with Crippen LogP contribution in [0.15, 0.2) is 77.9 Å². The van der Waals surface area contributed by atoms with Crippen LogP contribution in [0, 0.1) is 0 Å². The number of hydrogen-bond acceptors (Lipinski definition) is 7. The number of sulfonamides is 1. The van der Waals surface area contributed by atoms with Crippen molar-refractivity contribution in [3.8, 4) is 11.5 Å². The summed E-state index contributed by atoms with van der Waals surface area (Å²) in [5.74, 6) is -0.0417. The topological polar surface area (TPSA) is 126 Å². The zero-order valence-corrected chi connectivity index (χ0v) is 23.2. The van der Waals surface area contributed by atoms with Crippen molar-refractivity contribution < 1.29 is 27.5 Å². The first-order valence-electron chi connectivity index (χ1n) is 11.8. The van der Waals surface area contributed by atoms with Gasteiger partial charge in [0.15, 0.2) is 6.61 Å². The molecule has 1 atom stereocenters. The number of carbonyl (C=O) groups is 2. The summed E-state index contributed by atoms with van der Waals surface area (Å²) in [7, 11) is -2.35. The number of methoxy groups -OCH3 is 1. The minimum Gasteiger partial charge on any atom is -0.495 e. The first-order chi connectivity index (χ1) is 18.6. The average Bonchev–Trinajstić information content (AvgIpc) is 2.91. The highest BCUT2D eigenvalue weighted by molar-refractivity contribution is 7.92. The molecule has 0 radical (unpaired) electrons. The van der Waals surface area contributed by atoms with Gasteiger partial charge in [0.1, 0.15) is 18.0 Å². The maximum atomic E-state index is 12.4. The molecule has 0 aliphatic rings. The van der Waals surface area contributed by atoms with Crippen molar-refractivity contribution in [2.75, 3.05) is 30.8 Å². The number of anilines is 1. The number of hydrazone groups is 1. The van der Waals surface area contributed by atoms with Gasteiger partial charge < -0.3 is 14.8 Å². The van der Waals surface area contributed by atoms with Gasteiger partial charge in [0.25, 0.3) is 11.8 Å². The van der Waals surface area contributed by atoms with E-state index < -0.39 is 22.5 Å². The monoisotopic (exact) mass is 572 g/mol. The number of amides is 2. The number of rotatable bonds is 12. The standard InChI is InChI=1S/C27H29ClN4O6S/c1-19(21-7-5-4-6-8-21)30-27(34)18-38-23-12-9-20(10-13-23)16-29-31-26(33)17-32(39(3,35)36)22-11-14-25(37-2)24(28)15-22/h4-16,19H,17-18H2,1-3H3,(H,30,34)(H,31,33)/b29-16+. The minimum atomic E-state index is -3.79. The predicted molar refractivity (Wildman–Crippen MR) is 151 cm³/mol. The first-order valence-corrected chi connectivity index (χ1v) is 14.0. The lowest BCUT2D eigenvalue weighted by molar-refractivity contribution is -0.123. The highest BCUT2D eigenvalue weighted by Crippen LogP contribution is 2.30. The molecule has 0 spiro atoms. The molecule has 0 saturated heterocycles. The number of hydrogen-bond donors (Lipinski definition) is 2. The molecule has 3 aromatic carbocycles. The van der Waals surface area contributed by atoms with Crippen LogP contribution in [0.1, 0.15) is 24.1 Å². The van der Waals surface area contributed by atoms with Crippen LogP contribution in [-0.2, 0) is 19.6 Å². The number of carbonyl (C=O) groups excluding carboxylic acids is 2. The number of ether oxygens (including phenoxy) is 2. The summed E-state index contributed by atoms with van der Waals surface area (Å²) in [5, 5.41) is 6.97. The Morgan fingerprint density at radius 2 is 1.74 bits per heavy atom. The molecule has 206 valence electrons. The molecule has 1 unspecified atom stereocenters. The van der Waals surface area contributed by atoms with Gasteiger partial charge in [0.2, 0.25) is 10.0 Å². The van der Waals surface area contributed by atoms with E-state index >= 15 is 0 Å². The molecule has 0 saturated carbocycles. The van der Waals surface area contributed by atoms with Crippen molar-refractivity contribution in [3.05, 3.63) is 88.9 Å². The Labute approximate surface area is 232 Å². The summed E-state index contributed by atoms with van der Waals surface area (Å²) in [6.07, 6.45) is 2.38. The Balaban J connectivity index is 1.50. The van der Waals surface area contributed by atoms with E-state index in [9.17, 15) is 18.0 Å². The zero-order chi connectivity index (χ0) is 28.4. The maximum Gasteiger partial charge on any atom is 0.260 e. The molecular formula is C27H29ClN4O6S. The third kappa shape index (κ3) is 9.01. The third-order valence-electron chi connectivity index (χ3n) is 5.44. The van der Waals surface area contributed by atoms with E-state index in [4.69, 9.17) is 21.1 Å². The zero-order valence-electron chi connectivity index (χ0n) is 21.6. The second-order valence-corrected chi connectivity index (χ2v) is 10.8. The van der Waals surface area contributed by atoms with Gasteiger partial charge in [0, 0.05) is 0 Å². The van der Waals surface area contributed by atoms with Crippen LogP contribution in [0.3, 0.4) is 0 Å². The summed E-state index contributed by atoms with van der Waals surface area (Å²) >= 11 is 6.10. The van der Waals surface area contributed by atoms with Crippen LogP contribution in [0.25, 0.3) is 0 Å². The third-order valence-corrected chi connectivity index (χ3v) is 6.88. The fourth-order valence-corrected chi connectivity index (χ4v) is 4.56. The number of nitrogens with one attached hydrogen (secondary N) is 2. The maximum absolute atomic E-state index is 12.4. The number of nitrogens with zero attached hydrogens (tertiary/aromatic N) is 2. The second-order valence-electron chi connectivity index (χ2n) is 8.44. The van der Waals surface area contributed by atoms with Gasteiger partial charge in [-0.3, -0.25) is 13.9 Å². The molecular weight excluding hydrogens is 544 g/mol. The largest absolute Gasteiger partial charge is 0.495 e. The highest BCUT2D eigenvalue weighted by Gasteiger charge is 2.21. The highest BCUT2D eigenvalue weighted by atomic mass is 35.5. The molecule has 39 heavy (non-hydrogen) atoms. The summed E-state index contributed by atoms with van der Waals surface area (Å²) in [5.41, 5.74) is 4.16. The van der Waals surface area contributed by atoms with Gasteiger partial charge in [-0.2, -0.15) is 5.10 Å². The molecule has 12 heteroatoms. The lowest BCUT2D eigenvalue weighted by Crippen LogP contribution is -2.39. The molecule has 2 amide bonds. The normalized spacial score (nSPS) is 12.0. The summed E-state index contributed by atoms with van der Waals surface area (Å²) in [6.45, 7) is 1.25. The lowest BCUT2D eigenvalue weighted by atomic mass is 10.1. The molecule has 3 aromatic rings. The fourth-order valence-electron chi connectivity index (χ4n) is 3.46. The molecule has 10 nitrogen and oxygen atoms in total. The van der Waals surface area contributed by atoms with E-state index in [2.05, 4.69) is 15.8 Å². The lowest BCUT2D eigenvalue weighted by Gasteiger charge is -2.21. The molecule has 0 aliphatic carbocycles. The minimum absolute atomic E-state index is 0.142. The molecule has 0 heterocycles. The van der Waals surface area contributed by atoms with Gasteiger partial charge in [-0.05, 0) is 60.5 Å². The van der Waals surface area contributed by atoms with Crippen LogP contribution < -0.4 is 24.5 Å². The SMILES string of the molecule is COc1ccc(N(CC(=O)N/N=C/c2ccc(OCC(=O)NC(C)c3ccccc3)cc2)S(C)(=O)=O)cc1Cl. The Morgan fingerprint density at radius 3 is 2.36 bits per heavy atom. The smallest absolute Gasteiger partial charge is 0.260 e. The van der Waals surface area contributed by atoms with Gasteiger partial charge in [-0.15, -0.1) is 0 Å². The van der Waals surface area contributed by atoms with E-state index in [-0.39, 0.29) is 29.3 Å². The van der Waals surface area contributed by atoms with Crippen molar-refractivity contribution in [1.82, 2.24) is 10.7 Å². The van der Waals surface area contributed by atoms with Gasteiger partial charge in [0.05, 0.1) is 36.3 Å². The fraction of sp³-hybridized carbons (Fsp3) is 0.222. The summed E-state index contributed by atoms with van der Waals surface area (Å²) in [6, 6.07) is 20.6. The van der Waals surface area contributed by atoms with Crippen molar-refractivity contribution in [2.24, 2.45) is 5.10 Å². The molecule has 0 aliphatic heterocycles. The van der Waals surface area contributed by atoms with Crippen LogP contribution in [0.4, 0.5) is 5.69 Å². The van der Waals surface area contributed by atoms with Gasteiger partial charge in [-0.1, -0.05) is 41.9 Å². The number of halogens is 1. The molecule has 2 N–H and O–H groups in total. The van der Waals surface area contributed by atoms with E-state index in [1.165, 1.54) is 31.5 Å². The molecule has 0 fully saturated rings. The average molecular weight is 573 g/mol. The van der Waals surface area contributed by atoms with Crippen molar-refractivity contribution in [1.29, 1.82) is 0 Å². The Kier molecular flexibility index (Phi) is 10.3. The summed E-state index contributed by atoms with van der Waals surface area (Å²) in [4.78, 5) is 24.6. The van der Waals surface area contributed by atoms with Crippen molar-refractivity contribution >= 4 is 45.3 Å². The molecule has 3 rings (SSSR count). The van der Waals surface area contributed by atoms with E-state index in [0.717, 1.165) is 16.1 Å². The summed E-state index contributed by atoms with van der Waals surface area (Å²) < 4.78 is 36.1. The number of benzene rings is 3. The Hall–Kier alpha value is -4.09. The molecule has 0 bridgehead atoms. The first kappa shape index (κ1) is 29.5. The van der Waals surface area contributed by atoms with Crippen LogP contribution >= 0.6 is 11.6 Å². The van der Waals surface area contributed by atoms with Gasteiger partial charge >= 0.3 is 0 Å². The second kappa shape index (κ2) is 13.6. The van der Waals surface area contributed by atoms with E-state index in [1.807, 2.05) is 37.3 Å². The van der Waals surface area contributed by atoms with Crippen molar-refractivity contribution in [2.45, 2.75) is 13.0 Å². The predicted octanol–water partition coefficient (Wildman–Crippen LogP) is 3.52. The van der Waals surface area contributed by atoms with Crippen LogP contribution in [0.2, 0.25) is 5.02 Å². The quantitative estimate of drug-likeness (QED) is 0.253. The van der Waals surface area contributed by atoms with Crippen LogP contribution in [0.5, 0.6) is 11.5 Å². The molecule has 0 aromatic heterocycles. The Bertz CT molecular complexity index is 1420. The van der Waals surface area contributed by atoms with Crippen molar-refractivity contribution in [3.63, 3.8) is 0 Å². The Morgan fingerprint density at radius 1 is 1.05 bits per heavy atom. The van der Waals surface area contributed by atoms with E-state index in [0.29, 0.717) is 17.1 Å². The van der Waals surface area contributed by atoms with E-state index in [1.54, 1.807) is 24.3 Å².